The van der Waals surface area contributed by atoms with Crippen LogP contribution in [0.3, 0.4) is 0 Å². The highest BCUT2D eigenvalue weighted by atomic mass is 35.5. The Morgan fingerprint density at radius 3 is 2.72 bits per heavy atom. The molecule has 148 valence electrons. The Morgan fingerprint density at radius 1 is 1.34 bits per heavy atom. The average Bonchev–Trinajstić information content (AvgIpc) is 2.69. The van der Waals surface area contributed by atoms with Crippen LogP contribution in [0.15, 0.2) is 53.1 Å². The Kier molecular flexibility index (Phi) is 6.57. The zero-order valence-electron chi connectivity index (χ0n) is 15.5. The van der Waals surface area contributed by atoms with Crippen molar-refractivity contribution >= 4 is 40.9 Å². The second-order valence-electron chi connectivity index (χ2n) is 6.54. The summed E-state index contributed by atoms with van der Waals surface area (Å²) in [7, 11) is 0. The number of rotatable bonds is 5. The number of halogens is 2. The molecule has 2 N–H and O–H groups in total. The number of nitrogens with one attached hydrogen (secondary N) is 2. The Hall–Kier alpha value is -2.82. The van der Waals surface area contributed by atoms with Crippen LogP contribution in [0.25, 0.3) is 0 Å². The van der Waals surface area contributed by atoms with Gasteiger partial charge in [-0.2, -0.15) is 5.26 Å². The minimum Gasteiger partial charge on any atom is -0.325 e. The van der Waals surface area contributed by atoms with Gasteiger partial charge in [0.25, 0.3) is 0 Å². The highest BCUT2D eigenvalue weighted by molar-refractivity contribution is 8.03. The zero-order chi connectivity index (χ0) is 21.0. The van der Waals surface area contributed by atoms with E-state index >= 15 is 0 Å². The molecule has 2 amide bonds. The van der Waals surface area contributed by atoms with Gasteiger partial charge in [-0.05, 0) is 30.7 Å². The molecule has 0 aromatic heterocycles. The highest BCUT2D eigenvalue weighted by Gasteiger charge is 2.29. The standard InChI is InChI=1S/C21H17ClFN3O2S/c1-12-2-4-13(5-3-12)15-9-19(27)26-21(16(15)10-24)29-11-20(28)25-14-6-7-18(23)17(22)8-14/h2-8,15H,9,11H2,1H3,(H,25,28)(H,26,27)/t15-/m1/s1. The lowest BCUT2D eigenvalue weighted by Crippen LogP contribution is -2.31. The smallest absolute Gasteiger partial charge is 0.234 e. The van der Waals surface area contributed by atoms with Gasteiger partial charge in [-0.15, -0.1) is 0 Å². The van der Waals surface area contributed by atoms with Gasteiger partial charge in [-0.1, -0.05) is 53.2 Å². The van der Waals surface area contributed by atoms with Gasteiger partial charge in [0.15, 0.2) is 0 Å². The normalized spacial score (nSPS) is 16.2. The summed E-state index contributed by atoms with van der Waals surface area (Å²) in [6, 6.07) is 13.7. The molecule has 0 unspecified atom stereocenters. The number of nitriles is 1. The monoisotopic (exact) mass is 429 g/mol. The fraction of sp³-hybridized carbons (Fsp3) is 0.190. The number of hydrogen-bond acceptors (Lipinski definition) is 4. The fourth-order valence-electron chi connectivity index (χ4n) is 2.93. The molecule has 3 rings (SSSR count). The summed E-state index contributed by atoms with van der Waals surface area (Å²) in [6.07, 6.45) is 0.177. The fourth-order valence-corrected chi connectivity index (χ4v) is 3.98. The first-order valence-electron chi connectivity index (χ1n) is 8.75. The molecule has 1 aliphatic rings. The lowest BCUT2D eigenvalue weighted by atomic mass is 9.87. The number of thioether (sulfide) groups is 1. The van der Waals surface area contributed by atoms with E-state index < -0.39 is 5.82 Å². The lowest BCUT2D eigenvalue weighted by Gasteiger charge is -2.25. The molecule has 8 heteroatoms. The number of hydrogen-bond donors (Lipinski definition) is 2. The first kappa shape index (κ1) is 20.9. The maximum Gasteiger partial charge on any atom is 0.234 e. The molecule has 5 nitrogen and oxygen atoms in total. The Morgan fingerprint density at radius 2 is 2.07 bits per heavy atom. The van der Waals surface area contributed by atoms with E-state index in [0.29, 0.717) is 16.3 Å². The van der Waals surface area contributed by atoms with E-state index in [0.717, 1.165) is 29.0 Å². The van der Waals surface area contributed by atoms with Crippen LogP contribution in [0, 0.1) is 24.1 Å². The maximum absolute atomic E-state index is 13.2. The molecule has 0 aliphatic carbocycles. The molecule has 0 bridgehead atoms. The predicted molar refractivity (Wildman–Crippen MR) is 112 cm³/mol. The highest BCUT2D eigenvalue weighted by Crippen LogP contribution is 2.36. The average molecular weight is 430 g/mol. The number of nitrogens with zero attached hydrogens (tertiary/aromatic N) is 1. The molecule has 0 radical (unpaired) electrons. The largest absolute Gasteiger partial charge is 0.325 e. The van der Waals surface area contributed by atoms with E-state index in [-0.39, 0.29) is 34.9 Å². The van der Waals surface area contributed by atoms with Crippen molar-refractivity contribution in [2.75, 3.05) is 11.1 Å². The molecule has 0 saturated carbocycles. The number of carbonyl (C=O) groups is 2. The summed E-state index contributed by atoms with van der Waals surface area (Å²) in [5.74, 6) is -1.53. The Balaban J connectivity index is 1.74. The van der Waals surface area contributed by atoms with Crippen LogP contribution >= 0.6 is 23.4 Å². The van der Waals surface area contributed by atoms with Gasteiger partial charge in [0.05, 0.1) is 27.4 Å². The molecule has 1 heterocycles. The third-order valence-electron chi connectivity index (χ3n) is 4.39. The second-order valence-corrected chi connectivity index (χ2v) is 7.93. The van der Waals surface area contributed by atoms with E-state index in [4.69, 9.17) is 11.6 Å². The third kappa shape index (κ3) is 5.17. The summed E-state index contributed by atoms with van der Waals surface area (Å²) >= 11 is 6.79. The van der Waals surface area contributed by atoms with Crippen LogP contribution in [0.4, 0.5) is 10.1 Å². The first-order chi connectivity index (χ1) is 13.9. The Bertz CT molecular complexity index is 1030. The summed E-state index contributed by atoms with van der Waals surface area (Å²) in [6.45, 7) is 1.96. The topological polar surface area (TPSA) is 82.0 Å². The molecule has 0 saturated heterocycles. The van der Waals surface area contributed by atoms with Crippen molar-refractivity contribution in [2.45, 2.75) is 19.3 Å². The van der Waals surface area contributed by atoms with E-state index in [1.165, 1.54) is 12.1 Å². The van der Waals surface area contributed by atoms with Crippen molar-refractivity contribution < 1.29 is 14.0 Å². The van der Waals surface area contributed by atoms with Gasteiger partial charge < -0.3 is 10.6 Å². The lowest BCUT2D eigenvalue weighted by molar-refractivity contribution is -0.121. The zero-order valence-corrected chi connectivity index (χ0v) is 17.0. The number of benzene rings is 2. The van der Waals surface area contributed by atoms with Crippen LogP contribution in [0.2, 0.25) is 5.02 Å². The quantitative estimate of drug-likeness (QED) is 0.733. The van der Waals surface area contributed by atoms with Gasteiger partial charge >= 0.3 is 0 Å². The molecule has 0 fully saturated rings. The molecule has 1 atom stereocenters. The summed E-state index contributed by atoms with van der Waals surface area (Å²) in [4.78, 5) is 24.4. The van der Waals surface area contributed by atoms with E-state index in [1.54, 1.807) is 0 Å². The molecule has 2 aromatic rings. The van der Waals surface area contributed by atoms with Crippen LogP contribution in [0.5, 0.6) is 0 Å². The van der Waals surface area contributed by atoms with Gasteiger partial charge in [0.1, 0.15) is 5.82 Å². The van der Waals surface area contributed by atoms with Crippen molar-refractivity contribution in [1.82, 2.24) is 5.32 Å². The number of allylic oxidation sites excluding steroid dienone is 1. The molecule has 0 spiro atoms. The van der Waals surface area contributed by atoms with Crippen molar-refractivity contribution in [2.24, 2.45) is 0 Å². The Labute approximate surface area is 176 Å². The van der Waals surface area contributed by atoms with E-state index in [2.05, 4.69) is 16.7 Å². The van der Waals surface area contributed by atoms with Crippen molar-refractivity contribution in [3.63, 3.8) is 0 Å². The minimum atomic E-state index is -0.574. The number of aryl methyl sites for hydroxylation is 1. The van der Waals surface area contributed by atoms with E-state index in [9.17, 15) is 19.2 Å². The third-order valence-corrected chi connectivity index (χ3v) is 5.69. The maximum atomic E-state index is 13.2. The van der Waals surface area contributed by atoms with Crippen molar-refractivity contribution in [3.05, 3.63) is 75.0 Å². The summed E-state index contributed by atoms with van der Waals surface area (Å²) in [5, 5.41) is 15.3. The van der Waals surface area contributed by atoms with Crippen LogP contribution in [-0.4, -0.2) is 17.6 Å². The molecule has 29 heavy (non-hydrogen) atoms. The van der Waals surface area contributed by atoms with Gasteiger partial charge in [-0.3, -0.25) is 9.59 Å². The molecular formula is C21H17ClFN3O2S. The van der Waals surface area contributed by atoms with Crippen LogP contribution in [-0.2, 0) is 9.59 Å². The SMILES string of the molecule is Cc1ccc([C@H]2CC(=O)NC(SCC(=O)Nc3ccc(F)c(Cl)c3)=C2C#N)cc1. The summed E-state index contributed by atoms with van der Waals surface area (Å²) < 4.78 is 13.2. The molecular weight excluding hydrogens is 413 g/mol. The van der Waals surface area contributed by atoms with Crippen molar-refractivity contribution in [1.29, 1.82) is 5.26 Å². The van der Waals surface area contributed by atoms with Crippen molar-refractivity contribution in [3.8, 4) is 6.07 Å². The minimum absolute atomic E-state index is 0.0313. The second kappa shape index (κ2) is 9.12. The first-order valence-corrected chi connectivity index (χ1v) is 10.1. The van der Waals surface area contributed by atoms with E-state index in [1.807, 2.05) is 31.2 Å². The molecule has 2 aromatic carbocycles. The number of anilines is 1. The van der Waals surface area contributed by atoms with Crippen LogP contribution < -0.4 is 10.6 Å². The number of amides is 2. The van der Waals surface area contributed by atoms with Crippen LogP contribution in [0.1, 0.15) is 23.5 Å². The number of carbonyl (C=O) groups excluding carboxylic acids is 2. The summed E-state index contributed by atoms with van der Waals surface area (Å²) in [5.41, 5.74) is 2.76. The van der Waals surface area contributed by atoms with Gasteiger partial charge in [0.2, 0.25) is 11.8 Å². The van der Waals surface area contributed by atoms with Gasteiger partial charge in [-0.25, -0.2) is 4.39 Å². The van der Waals surface area contributed by atoms with Gasteiger partial charge in [0, 0.05) is 18.0 Å². The molecule has 1 aliphatic heterocycles. The predicted octanol–water partition coefficient (Wildman–Crippen LogP) is 4.50.